The summed E-state index contributed by atoms with van der Waals surface area (Å²) >= 11 is 0. The summed E-state index contributed by atoms with van der Waals surface area (Å²) in [6.07, 6.45) is 21.1. The SMILES string of the molecule is CCCCC/C=C\C/C=C\CCCCCc1cc(=O)c2ccccc2n1C. The molecular weight excluding hydrogens is 330 g/mol. The van der Waals surface area contributed by atoms with E-state index < -0.39 is 0 Å². The average molecular weight is 366 g/mol. The first-order valence-corrected chi connectivity index (χ1v) is 10.6. The van der Waals surface area contributed by atoms with Gasteiger partial charge in [0.1, 0.15) is 0 Å². The molecule has 27 heavy (non-hydrogen) atoms. The number of hydrogen-bond donors (Lipinski definition) is 0. The number of aromatic nitrogens is 1. The third kappa shape index (κ3) is 7.21. The molecule has 0 radical (unpaired) electrons. The van der Waals surface area contributed by atoms with Crippen LogP contribution in [-0.2, 0) is 13.5 Å². The number of hydrogen-bond acceptors (Lipinski definition) is 1. The van der Waals surface area contributed by atoms with Crippen molar-refractivity contribution in [1.29, 1.82) is 0 Å². The molecular formula is C25H35NO. The van der Waals surface area contributed by atoms with Crippen molar-refractivity contribution in [3.05, 3.63) is 70.6 Å². The standard InChI is InChI=1S/C25H35NO/c1-3-4-5-6-7-8-9-10-11-12-13-14-15-18-22-21-25(27)23-19-16-17-20-24(23)26(22)2/h7-8,10-11,16-17,19-21H,3-6,9,12-15,18H2,1-2H3/b8-7-,11-10-. The van der Waals surface area contributed by atoms with Crippen LogP contribution < -0.4 is 5.43 Å². The second-order valence-corrected chi connectivity index (χ2v) is 7.35. The van der Waals surface area contributed by atoms with Gasteiger partial charge >= 0.3 is 0 Å². The maximum atomic E-state index is 12.3. The molecule has 0 amide bonds. The summed E-state index contributed by atoms with van der Waals surface area (Å²) in [7, 11) is 2.07. The van der Waals surface area contributed by atoms with Crippen molar-refractivity contribution in [3.63, 3.8) is 0 Å². The molecule has 0 unspecified atom stereocenters. The second kappa shape index (κ2) is 12.3. The number of rotatable bonds is 12. The van der Waals surface area contributed by atoms with Gasteiger partial charge in [0.25, 0.3) is 0 Å². The highest BCUT2D eigenvalue weighted by atomic mass is 16.1. The molecule has 146 valence electrons. The Kier molecular flexibility index (Phi) is 9.68. The van der Waals surface area contributed by atoms with Gasteiger partial charge in [-0.1, -0.05) is 62.6 Å². The molecule has 1 heterocycles. The molecule has 2 aromatic rings. The van der Waals surface area contributed by atoms with Crippen LogP contribution in [0.5, 0.6) is 0 Å². The van der Waals surface area contributed by atoms with Gasteiger partial charge in [-0.05, 0) is 57.1 Å². The number of nitrogens with zero attached hydrogens (tertiary/aromatic N) is 1. The van der Waals surface area contributed by atoms with Crippen LogP contribution in [0, 0.1) is 0 Å². The first-order valence-electron chi connectivity index (χ1n) is 10.6. The number of fused-ring (bicyclic) bond motifs is 1. The molecule has 0 atom stereocenters. The summed E-state index contributed by atoms with van der Waals surface area (Å²) < 4.78 is 2.17. The number of pyridine rings is 1. The van der Waals surface area contributed by atoms with E-state index in [-0.39, 0.29) is 5.43 Å². The van der Waals surface area contributed by atoms with Crippen LogP contribution in [0.4, 0.5) is 0 Å². The Balaban J connectivity index is 1.65. The third-order valence-corrected chi connectivity index (χ3v) is 5.14. The molecule has 1 aromatic carbocycles. The lowest BCUT2D eigenvalue weighted by molar-refractivity contribution is 0.663. The van der Waals surface area contributed by atoms with Crippen LogP contribution >= 0.6 is 0 Å². The number of allylic oxidation sites excluding steroid dienone is 4. The Bertz CT molecular complexity index is 798. The number of para-hydroxylation sites is 1. The smallest absolute Gasteiger partial charge is 0.189 e. The van der Waals surface area contributed by atoms with Gasteiger partial charge in [-0.15, -0.1) is 0 Å². The third-order valence-electron chi connectivity index (χ3n) is 5.14. The Labute approximate surface area is 164 Å². The van der Waals surface area contributed by atoms with E-state index in [1.807, 2.05) is 30.3 Å². The lowest BCUT2D eigenvalue weighted by atomic mass is 10.1. The Morgan fingerprint density at radius 1 is 0.889 bits per heavy atom. The van der Waals surface area contributed by atoms with Gasteiger partial charge in [0.15, 0.2) is 5.43 Å². The molecule has 0 saturated heterocycles. The van der Waals surface area contributed by atoms with Crippen molar-refractivity contribution in [3.8, 4) is 0 Å². The van der Waals surface area contributed by atoms with Gasteiger partial charge in [0, 0.05) is 24.2 Å². The summed E-state index contributed by atoms with van der Waals surface area (Å²) in [5.41, 5.74) is 2.32. The molecule has 0 aliphatic heterocycles. The van der Waals surface area contributed by atoms with Gasteiger partial charge < -0.3 is 4.57 Å². The van der Waals surface area contributed by atoms with Gasteiger partial charge in [-0.3, -0.25) is 4.79 Å². The lowest BCUT2D eigenvalue weighted by Gasteiger charge is -2.12. The molecule has 0 fully saturated rings. The fourth-order valence-corrected chi connectivity index (χ4v) is 3.46. The molecule has 1 aromatic heterocycles. The molecule has 2 heteroatoms. The van der Waals surface area contributed by atoms with Crippen LogP contribution in [0.3, 0.4) is 0 Å². The molecule has 0 spiro atoms. The normalized spacial score (nSPS) is 11.9. The number of benzene rings is 1. The molecule has 0 saturated carbocycles. The highest BCUT2D eigenvalue weighted by Crippen LogP contribution is 2.14. The van der Waals surface area contributed by atoms with E-state index in [4.69, 9.17) is 0 Å². The predicted octanol–water partition coefficient (Wildman–Crippen LogP) is 6.72. The maximum absolute atomic E-state index is 12.3. The van der Waals surface area contributed by atoms with Crippen molar-refractivity contribution in [1.82, 2.24) is 4.57 Å². The minimum atomic E-state index is 0.143. The summed E-state index contributed by atoms with van der Waals surface area (Å²) in [6, 6.07) is 9.68. The predicted molar refractivity (Wildman–Crippen MR) is 118 cm³/mol. The van der Waals surface area contributed by atoms with Crippen molar-refractivity contribution in [2.45, 2.75) is 71.1 Å². The largest absolute Gasteiger partial charge is 0.347 e. The van der Waals surface area contributed by atoms with Crippen LogP contribution in [0.25, 0.3) is 10.9 Å². The summed E-state index contributed by atoms with van der Waals surface area (Å²) in [5, 5.41) is 0.813. The van der Waals surface area contributed by atoms with Crippen LogP contribution in [-0.4, -0.2) is 4.57 Å². The lowest BCUT2D eigenvalue weighted by Crippen LogP contribution is -2.11. The van der Waals surface area contributed by atoms with Gasteiger partial charge in [0.2, 0.25) is 0 Å². The molecule has 2 rings (SSSR count). The van der Waals surface area contributed by atoms with Gasteiger partial charge in [-0.2, -0.15) is 0 Å². The minimum Gasteiger partial charge on any atom is -0.347 e. The summed E-state index contributed by atoms with van der Waals surface area (Å²) in [6.45, 7) is 2.25. The summed E-state index contributed by atoms with van der Waals surface area (Å²) in [5.74, 6) is 0. The van der Waals surface area contributed by atoms with Gasteiger partial charge in [-0.25, -0.2) is 0 Å². The topological polar surface area (TPSA) is 22.0 Å². The maximum Gasteiger partial charge on any atom is 0.189 e. The zero-order chi connectivity index (χ0) is 19.3. The Morgan fingerprint density at radius 3 is 2.33 bits per heavy atom. The van der Waals surface area contributed by atoms with Crippen LogP contribution in [0.2, 0.25) is 0 Å². The number of unbranched alkanes of at least 4 members (excludes halogenated alkanes) is 6. The highest BCUT2D eigenvalue weighted by Gasteiger charge is 2.05. The Morgan fingerprint density at radius 2 is 1.59 bits per heavy atom. The van der Waals surface area contributed by atoms with E-state index in [0.29, 0.717) is 0 Å². The van der Waals surface area contributed by atoms with Crippen LogP contribution in [0.1, 0.15) is 70.4 Å². The molecule has 0 aliphatic carbocycles. The zero-order valence-corrected chi connectivity index (χ0v) is 17.1. The first-order chi connectivity index (χ1) is 13.2. The van der Waals surface area contributed by atoms with Crippen molar-refractivity contribution in [2.24, 2.45) is 7.05 Å². The molecule has 2 nitrogen and oxygen atoms in total. The van der Waals surface area contributed by atoms with Crippen LogP contribution in [0.15, 0.2) is 59.4 Å². The monoisotopic (exact) mass is 365 g/mol. The second-order valence-electron chi connectivity index (χ2n) is 7.35. The fourth-order valence-electron chi connectivity index (χ4n) is 3.46. The van der Waals surface area contributed by atoms with E-state index in [1.54, 1.807) is 0 Å². The summed E-state index contributed by atoms with van der Waals surface area (Å²) in [4.78, 5) is 12.3. The van der Waals surface area contributed by atoms with E-state index in [9.17, 15) is 4.79 Å². The van der Waals surface area contributed by atoms with E-state index in [2.05, 4.69) is 42.8 Å². The van der Waals surface area contributed by atoms with Crippen molar-refractivity contribution >= 4 is 10.9 Å². The molecule has 0 N–H and O–H groups in total. The van der Waals surface area contributed by atoms with Gasteiger partial charge in [0.05, 0.1) is 5.52 Å². The quantitative estimate of drug-likeness (QED) is 0.302. The van der Waals surface area contributed by atoms with E-state index in [0.717, 1.165) is 42.3 Å². The first kappa shape index (κ1) is 21.2. The van der Waals surface area contributed by atoms with E-state index in [1.165, 1.54) is 38.5 Å². The van der Waals surface area contributed by atoms with E-state index >= 15 is 0 Å². The minimum absolute atomic E-state index is 0.143. The molecule has 0 bridgehead atoms. The average Bonchev–Trinajstić information content (AvgIpc) is 2.69. The Hall–Kier alpha value is -2.09. The number of aryl methyl sites for hydroxylation is 2. The zero-order valence-electron chi connectivity index (χ0n) is 17.1. The highest BCUT2D eigenvalue weighted by molar-refractivity contribution is 5.79. The van der Waals surface area contributed by atoms with Crippen molar-refractivity contribution < 1.29 is 0 Å². The molecule has 0 aliphatic rings. The fraction of sp³-hybridized carbons (Fsp3) is 0.480. The van der Waals surface area contributed by atoms with Crippen molar-refractivity contribution in [2.75, 3.05) is 0 Å².